The van der Waals surface area contributed by atoms with Gasteiger partial charge < -0.3 is 0 Å². The molecular formula is C7H13O2S. The first-order valence-electron chi connectivity index (χ1n) is 3.32. The van der Waals surface area contributed by atoms with Crippen LogP contribution in [-0.2, 0) is 9.84 Å². The molecule has 10 heavy (non-hydrogen) atoms. The molecule has 0 aromatic heterocycles. The van der Waals surface area contributed by atoms with E-state index in [1.54, 1.807) is 27.7 Å². The Morgan fingerprint density at radius 1 is 1.00 bits per heavy atom. The molecule has 1 saturated heterocycles. The summed E-state index contributed by atoms with van der Waals surface area (Å²) in [7, 11) is -2.89. The lowest BCUT2D eigenvalue weighted by molar-refractivity contribution is 0.473. The summed E-state index contributed by atoms with van der Waals surface area (Å²) >= 11 is 0. The van der Waals surface area contributed by atoms with Crippen LogP contribution in [0, 0.1) is 6.42 Å². The molecule has 1 fully saturated rings. The van der Waals surface area contributed by atoms with Crippen molar-refractivity contribution < 1.29 is 8.42 Å². The van der Waals surface area contributed by atoms with E-state index in [4.69, 9.17) is 0 Å². The maximum atomic E-state index is 11.4. The van der Waals surface area contributed by atoms with Gasteiger partial charge in [0.1, 0.15) is 0 Å². The molecule has 0 amide bonds. The Bertz CT molecular complexity index is 227. The van der Waals surface area contributed by atoms with Gasteiger partial charge in [-0.15, -0.1) is 0 Å². The Kier molecular flexibility index (Phi) is 1.27. The van der Waals surface area contributed by atoms with Crippen molar-refractivity contribution in [2.75, 3.05) is 0 Å². The second-order valence-corrected chi connectivity index (χ2v) is 6.97. The fourth-order valence-electron chi connectivity index (χ4n) is 1.61. The zero-order valence-corrected chi connectivity index (χ0v) is 7.62. The van der Waals surface area contributed by atoms with Crippen LogP contribution in [0.1, 0.15) is 27.7 Å². The summed E-state index contributed by atoms with van der Waals surface area (Å²) in [4.78, 5) is 0. The molecule has 0 aliphatic carbocycles. The van der Waals surface area contributed by atoms with Gasteiger partial charge in [0.05, 0.1) is 9.49 Å². The van der Waals surface area contributed by atoms with Crippen molar-refractivity contribution in [3.8, 4) is 0 Å². The Balaban J connectivity index is 3.09. The molecule has 0 aromatic carbocycles. The SMILES string of the molecule is CC1(C)[CH]C(C)(C)S1(=O)=O. The number of rotatable bonds is 0. The molecule has 1 heterocycles. The van der Waals surface area contributed by atoms with Gasteiger partial charge in [-0.3, -0.25) is 0 Å². The average Bonchev–Trinajstić information content (AvgIpc) is 1.61. The van der Waals surface area contributed by atoms with E-state index in [9.17, 15) is 8.42 Å². The lowest BCUT2D eigenvalue weighted by atomic mass is 9.97. The Hall–Kier alpha value is -0.0500. The number of hydrogen-bond acceptors (Lipinski definition) is 2. The van der Waals surface area contributed by atoms with Gasteiger partial charge in [0.2, 0.25) is 0 Å². The van der Waals surface area contributed by atoms with Crippen molar-refractivity contribution in [1.82, 2.24) is 0 Å². The monoisotopic (exact) mass is 161 g/mol. The molecule has 3 heteroatoms. The van der Waals surface area contributed by atoms with E-state index >= 15 is 0 Å². The third-order valence-corrected chi connectivity index (χ3v) is 5.09. The van der Waals surface area contributed by atoms with E-state index in [0.717, 1.165) is 0 Å². The normalized spacial score (nSPS) is 32.8. The predicted molar refractivity (Wildman–Crippen MR) is 41.4 cm³/mol. The zero-order valence-electron chi connectivity index (χ0n) is 6.80. The van der Waals surface area contributed by atoms with Crippen molar-refractivity contribution in [2.45, 2.75) is 37.2 Å². The minimum Gasteiger partial charge on any atom is -0.228 e. The van der Waals surface area contributed by atoms with E-state index < -0.39 is 19.3 Å². The highest BCUT2D eigenvalue weighted by Crippen LogP contribution is 2.46. The standard InChI is InChI=1S/C7H13O2S/c1-6(2)5-7(3,4)10(6,8)9/h5H,1-4H3. The first kappa shape index (κ1) is 8.05. The van der Waals surface area contributed by atoms with Crippen LogP contribution < -0.4 is 0 Å². The summed E-state index contributed by atoms with van der Waals surface area (Å²) in [5.41, 5.74) is 0. The van der Waals surface area contributed by atoms with Gasteiger partial charge in [-0.2, -0.15) is 0 Å². The topological polar surface area (TPSA) is 34.1 Å². The Labute approximate surface area is 62.5 Å². The second kappa shape index (κ2) is 1.58. The number of hydrogen-bond donors (Lipinski definition) is 0. The maximum absolute atomic E-state index is 11.4. The molecule has 1 aliphatic rings. The third kappa shape index (κ3) is 0.669. The molecule has 0 bridgehead atoms. The molecule has 0 unspecified atom stereocenters. The van der Waals surface area contributed by atoms with Crippen molar-refractivity contribution in [3.63, 3.8) is 0 Å². The van der Waals surface area contributed by atoms with E-state index in [-0.39, 0.29) is 0 Å². The first-order chi connectivity index (χ1) is 4.21. The van der Waals surface area contributed by atoms with E-state index in [1.807, 2.05) is 6.42 Å². The summed E-state index contributed by atoms with van der Waals surface area (Å²) in [5, 5.41) is 0. The largest absolute Gasteiger partial charge is 0.228 e. The van der Waals surface area contributed by atoms with Crippen LogP contribution in [0.5, 0.6) is 0 Å². The molecule has 0 saturated carbocycles. The highest BCUT2D eigenvalue weighted by Gasteiger charge is 2.58. The number of sulfone groups is 1. The molecule has 59 valence electrons. The van der Waals surface area contributed by atoms with Crippen LogP contribution in [0.25, 0.3) is 0 Å². The molecule has 1 radical (unpaired) electrons. The molecule has 0 aromatic rings. The van der Waals surface area contributed by atoms with E-state index in [0.29, 0.717) is 0 Å². The average molecular weight is 161 g/mol. The minimum absolute atomic E-state index is 0.601. The Morgan fingerprint density at radius 2 is 1.30 bits per heavy atom. The van der Waals surface area contributed by atoms with Crippen molar-refractivity contribution >= 4 is 9.84 Å². The van der Waals surface area contributed by atoms with Crippen LogP contribution >= 0.6 is 0 Å². The Morgan fingerprint density at radius 3 is 1.30 bits per heavy atom. The van der Waals surface area contributed by atoms with Gasteiger partial charge in [0.15, 0.2) is 9.84 Å². The van der Waals surface area contributed by atoms with Gasteiger partial charge in [-0.05, 0) is 27.7 Å². The van der Waals surface area contributed by atoms with Crippen LogP contribution in [0.4, 0.5) is 0 Å². The fraction of sp³-hybridized carbons (Fsp3) is 0.857. The smallest absolute Gasteiger partial charge is 0.161 e. The summed E-state index contributed by atoms with van der Waals surface area (Å²) in [6, 6.07) is 0. The summed E-state index contributed by atoms with van der Waals surface area (Å²) in [6.45, 7) is 6.92. The van der Waals surface area contributed by atoms with Gasteiger partial charge in [0.25, 0.3) is 0 Å². The van der Waals surface area contributed by atoms with Gasteiger partial charge in [-0.25, -0.2) is 8.42 Å². The molecule has 0 spiro atoms. The van der Waals surface area contributed by atoms with Gasteiger partial charge >= 0.3 is 0 Å². The lowest BCUT2D eigenvalue weighted by Crippen LogP contribution is -2.60. The van der Waals surface area contributed by atoms with E-state index in [1.165, 1.54) is 0 Å². The summed E-state index contributed by atoms with van der Waals surface area (Å²) in [6.07, 6.45) is 1.87. The molecular weight excluding hydrogens is 148 g/mol. The maximum Gasteiger partial charge on any atom is 0.161 e. The minimum atomic E-state index is -2.89. The highest BCUT2D eigenvalue weighted by molar-refractivity contribution is 7.96. The first-order valence-corrected chi connectivity index (χ1v) is 4.80. The predicted octanol–water partition coefficient (Wildman–Crippen LogP) is 1.18. The summed E-state index contributed by atoms with van der Waals surface area (Å²) < 4.78 is 21.5. The third-order valence-electron chi connectivity index (χ3n) is 2.08. The van der Waals surface area contributed by atoms with Crippen molar-refractivity contribution in [3.05, 3.63) is 6.42 Å². The molecule has 1 aliphatic heterocycles. The van der Waals surface area contributed by atoms with Crippen molar-refractivity contribution in [1.29, 1.82) is 0 Å². The second-order valence-electron chi connectivity index (χ2n) is 3.85. The summed E-state index contributed by atoms with van der Waals surface area (Å²) in [5.74, 6) is 0. The van der Waals surface area contributed by atoms with Crippen molar-refractivity contribution in [2.24, 2.45) is 0 Å². The van der Waals surface area contributed by atoms with Crippen LogP contribution in [-0.4, -0.2) is 17.9 Å². The lowest BCUT2D eigenvalue weighted by Gasteiger charge is -2.47. The van der Waals surface area contributed by atoms with Crippen LogP contribution in [0.3, 0.4) is 0 Å². The van der Waals surface area contributed by atoms with E-state index in [2.05, 4.69) is 0 Å². The zero-order chi connectivity index (χ0) is 8.21. The van der Waals surface area contributed by atoms with Crippen LogP contribution in [0.15, 0.2) is 0 Å². The van der Waals surface area contributed by atoms with Crippen LogP contribution in [0.2, 0.25) is 0 Å². The highest BCUT2D eigenvalue weighted by atomic mass is 32.2. The quantitative estimate of drug-likeness (QED) is 0.534. The molecule has 2 nitrogen and oxygen atoms in total. The fourth-order valence-corrected chi connectivity index (χ4v) is 3.68. The van der Waals surface area contributed by atoms with Gasteiger partial charge in [0, 0.05) is 6.42 Å². The molecule has 0 atom stereocenters. The van der Waals surface area contributed by atoms with Gasteiger partial charge in [-0.1, -0.05) is 0 Å². The molecule has 1 rings (SSSR count). The molecule has 0 N–H and O–H groups in total.